The van der Waals surface area contributed by atoms with E-state index in [1.54, 1.807) is 0 Å². The third kappa shape index (κ3) is 2.56. The quantitative estimate of drug-likeness (QED) is 0.752. The van der Waals surface area contributed by atoms with Crippen molar-refractivity contribution >= 4 is 0 Å². The molecule has 1 aromatic rings. The second-order valence-corrected chi connectivity index (χ2v) is 3.33. The molecule has 0 saturated carbocycles. The van der Waals surface area contributed by atoms with Crippen molar-refractivity contribution in [2.75, 3.05) is 6.54 Å². The van der Waals surface area contributed by atoms with Crippen molar-refractivity contribution in [2.45, 2.75) is 39.8 Å². The molecule has 1 atom stereocenters. The standard InChI is InChI=1S/C10H19N3/c1-4-9(3)13-8-12-7-10(13)6-11-5-2/h7-9,11H,4-6H2,1-3H3. The molecule has 0 bridgehead atoms. The molecule has 1 unspecified atom stereocenters. The molecule has 1 rings (SSSR count). The monoisotopic (exact) mass is 181 g/mol. The van der Waals surface area contributed by atoms with Gasteiger partial charge < -0.3 is 9.88 Å². The minimum Gasteiger partial charge on any atom is -0.331 e. The summed E-state index contributed by atoms with van der Waals surface area (Å²) in [6, 6.07) is 0.552. The van der Waals surface area contributed by atoms with Crippen molar-refractivity contribution in [2.24, 2.45) is 0 Å². The predicted octanol–water partition coefficient (Wildman–Crippen LogP) is 1.96. The maximum Gasteiger partial charge on any atom is 0.0951 e. The van der Waals surface area contributed by atoms with E-state index in [9.17, 15) is 0 Å². The highest BCUT2D eigenvalue weighted by Gasteiger charge is 2.06. The number of hydrogen-bond acceptors (Lipinski definition) is 2. The van der Waals surface area contributed by atoms with Crippen LogP contribution < -0.4 is 5.32 Å². The lowest BCUT2D eigenvalue weighted by Crippen LogP contribution is -2.16. The third-order valence-corrected chi connectivity index (χ3v) is 2.37. The van der Waals surface area contributed by atoms with E-state index < -0.39 is 0 Å². The fraction of sp³-hybridized carbons (Fsp3) is 0.700. The van der Waals surface area contributed by atoms with Gasteiger partial charge in [0.05, 0.1) is 12.0 Å². The lowest BCUT2D eigenvalue weighted by Gasteiger charge is -2.14. The van der Waals surface area contributed by atoms with Gasteiger partial charge >= 0.3 is 0 Å². The number of nitrogens with one attached hydrogen (secondary N) is 1. The van der Waals surface area contributed by atoms with Gasteiger partial charge in [0.25, 0.3) is 0 Å². The Morgan fingerprint density at radius 1 is 1.54 bits per heavy atom. The van der Waals surface area contributed by atoms with Gasteiger partial charge in [0.15, 0.2) is 0 Å². The van der Waals surface area contributed by atoms with E-state index in [4.69, 9.17) is 0 Å². The third-order valence-electron chi connectivity index (χ3n) is 2.37. The van der Waals surface area contributed by atoms with E-state index in [-0.39, 0.29) is 0 Å². The summed E-state index contributed by atoms with van der Waals surface area (Å²) in [5.41, 5.74) is 1.27. The molecule has 0 aromatic carbocycles. The molecule has 0 aliphatic rings. The normalized spacial score (nSPS) is 13.2. The molecule has 3 heteroatoms. The van der Waals surface area contributed by atoms with Crippen LogP contribution >= 0.6 is 0 Å². The van der Waals surface area contributed by atoms with Crippen molar-refractivity contribution in [3.63, 3.8) is 0 Å². The van der Waals surface area contributed by atoms with Gasteiger partial charge in [-0.25, -0.2) is 4.98 Å². The molecular weight excluding hydrogens is 162 g/mol. The summed E-state index contributed by atoms with van der Waals surface area (Å²) in [6.45, 7) is 8.45. The first kappa shape index (κ1) is 10.3. The second-order valence-electron chi connectivity index (χ2n) is 3.33. The molecule has 1 aromatic heterocycles. The Morgan fingerprint density at radius 2 is 2.31 bits per heavy atom. The maximum atomic E-state index is 4.17. The molecule has 0 fully saturated rings. The van der Waals surface area contributed by atoms with Gasteiger partial charge in [-0.3, -0.25) is 0 Å². The molecule has 1 heterocycles. The minimum atomic E-state index is 0.552. The summed E-state index contributed by atoms with van der Waals surface area (Å²) >= 11 is 0. The first-order chi connectivity index (χ1) is 6.29. The van der Waals surface area contributed by atoms with Gasteiger partial charge in [-0.2, -0.15) is 0 Å². The van der Waals surface area contributed by atoms with Crippen LogP contribution in [0.3, 0.4) is 0 Å². The maximum absolute atomic E-state index is 4.17. The predicted molar refractivity (Wildman–Crippen MR) is 54.6 cm³/mol. The number of rotatable bonds is 5. The zero-order valence-electron chi connectivity index (χ0n) is 8.75. The second kappa shape index (κ2) is 5.02. The zero-order chi connectivity index (χ0) is 9.68. The van der Waals surface area contributed by atoms with Crippen LogP contribution in [0.2, 0.25) is 0 Å². The Hall–Kier alpha value is -0.830. The number of aromatic nitrogens is 2. The molecular formula is C10H19N3. The van der Waals surface area contributed by atoms with Crippen molar-refractivity contribution in [1.82, 2.24) is 14.9 Å². The lowest BCUT2D eigenvalue weighted by atomic mass is 10.2. The summed E-state index contributed by atoms with van der Waals surface area (Å²) in [4.78, 5) is 4.17. The fourth-order valence-electron chi connectivity index (χ4n) is 1.32. The fourth-order valence-corrected chi connectivity index (χ4v) is 1.32. The van der Waals surface area contributed by atoms with Gasteiger partial charge in [0.2, 0.25) is 0 Å². The highest BCUT2D eigenvalue weighted by molar-refractivity contribution is 4.99. The van der Waals surface area contributed by atoms with Crippen LogP contribution in [0.1, 0.15) is 38.9 Å². The summed E-state index contributed by atoms with van der Waals surface area (Å²) in [7, 11) is 0. The summed E-state index contributed by atoms with van der Waals surface area (Å²) in [5.74, 6) is 0. The molecule has 0 radical (unpaired) electrons. The molecule has 3 nitrogen and oxygen atoms in total. The van der Waals surface area contributed by atoms with E-state index in [0.29, 0.717) is 6.04 Å². The van der Waals surface area contributed by atoms with Gasteiger partial charge in [0, 0.05) is 18.8 Å². The van der Waals surface area contributed by atoms with Crippen molar-refractivity contribution in [1.29, 1.82) is 0 Å². The molecule has 0 spiro atoms. The molecule has 1 N–H and O–H groups in total. The Balaban J connectivity index is 2.65. The van der Waals surface area contributed by atoms with Crippen LogP contribution in [0.15, 0.2) is 12.5 Å². The largest absolute Gasteiger partial charge is 0.331 e. The number of hydrogen-bond donors (Lipinski definition) is 1. The van der Waals surface area contributed by atoms with Crippen molar-refractivity contribution in [3.05, 3.63) is 18.2 Å². The Labute approximate surface area is 80.2 Å². The Morgan fingerprint density at radius 3 is 2.92 bits per heavy atom. The van der Waals surface area contributed by atoms with Crippen LogP contribution in [0, 0.1) is 0 Å². The molecule has 13 heavy (non-hydrogen) atoms. The first-order valence-corrected chi connectivity index (χ1v) is 5.01. The van der Waals surface area contributed by atoms with Crippen molar-refractivity contribution < 1.29 is 0 Å². The van der Waals surface area contributed by atoms with Crippen molar-refractivity contribution in [3.8, 4) is 0 Å². The minimum absolute atomic E-state index is 0.552. The van der Waals surface area contributed by atoms with Gasteiger partial charge in [-0.05, 0) is 19.9 Å². The van der Waals surface area contributed by atoms with E-state index in [0.717, 1.165) is 19.5 Å². The van der Waals surface area contributed by atoms with Crippen LogP contribution in [0.4, 0.5) is 0 Å². The highest BCUT2D eigenvalue weighted by Crippen LogP contribution is 2.12. The lowest BCUT2D eigenvalue weighted by molar-refractivity contribution is 0.502. The average molecular weight is 181 g/mol. The van der Waals surface area contributed by atoms with E-state index in [1.807, 2.05) is 12.5 Å². The smallest absolute Gasteiger partial charge is 0.0951 e. The average Bonchev–Trinajstić information content (AvgIpc) is 2.61. The first-order valence-electron chi connectivity index (χ1n) is 5.01. The summed E-state index contributed by atoms with van der Waals surface area (Å²) in [5, 5.41) is 3.31. The van der Waals surface area contributed by atoms with Crippen LogP contribution in [0.5, 0.6) is 0 Å². The van der Waals surface area contributed by atoms with Gasteiger partial charge in [0.1, 0.15) is 0 Å². The Kier molecular flexibility index (Phi) is 3.96. The number of imidazole rings is 1. The van der Waals surface area contributed by atoms with E-state index >= 15 is 0 Å². The molecule has 0 saturated heterocycles. The van der Waals surface area contributed by atoms with Gasteiger partial charge in [-0.15, -0.1) is 0 Å². The van der Waals surface area contributed by atoms with E-state index in [2.05, 4.69) is 35.6 Å². The molecule has 74 valence electrons. The number of nitrogens with zero attached hydrogens (tertiary/aromatic N) is 2. The topological polar surface area (TPSA) is 29.9 Å². The highest BCUT2D eigenvalue weighted by atomic mass is 15.1. The Bertz CT molecular complexity index is 242. The van der Waals surface area contributed by atoms with E-state index in [1.165, 1.54) is 5.69 Å². The molecule has 0 aliphatic carbocycles. The zero-order valence-corrected chi connectivity index (χ0v) is 8.75. The van der Waals surface area contributed by atoms with Crippen LogP contribution in [0.25, 0.3) is 0 Å². The molecule has 0 aliphatic heterocycles. The SMILES string of the molecule is CCNCc1cncn1C(C)CC. The van der Waals surface area contributed by atoms with Gasteiger partial charge in [-0.1, -0.05) is 13.8 Å². The van der Waals surface area contributed by atoms with Crippen LogP contribution in [-0.2, 0) is 6.54 Å². The molecule has 0 amide bonds. The summed E-state index contributed by atoms with van der Waals surface area (Å²) < 4.78 is 2.24. The summed E-state index contributed by atoms with van der Waals surface area (Å²) in [6.07, 6.45) is 5.01. The van der Waals surface area contributed by atoms with Crippen LogP contribution in [-0.4, -0.2) is 16.1 Å².